The standard InChI is InChI=1S/C16H20FNO2/c1-2-20-15(19)16(18-10-11-3-4-11)8-7-12-9-13(17)5-6-14(12)16/h5-6,9,11,18H,2-4,7-8,10H2,1H3. The van der Waals surface area contributed by atoms with Crippen LogP contribution in [0.2, 0.25) is 0 Å². The third-order valence-corrected chi connectivity index (χ3v) is 4.31. The third-order valence-electron chi connectivity index (χ3n) is 4.31. The number of hydrogen-bond donors (Lipinski definition) is 1. The van der Waals surface area contributed by atoms with Gasteiger partial charge in [-0.1, -0.05) is 6.07 Å². The Labute approximate surface area is 118 Å². The predicted octanol–water partition coefficient (Wildman–Crippen LogP) is 2.53. The number of esters is 1. The average Bonchev–Trinajstić information content (AvgIpc) is 3.19. The first kappa shape index (κ1) is 13.6. The molecule has 1 unspecified atom stereocenters. The van der Waals surface area contributed by atoms with E-state index in [1.807, 2.05) is 6.92 Å². The highest BCUT2D eigenvalue weighted by Crippen LogP contribution is 2.39. The van der Waals surface area contributed by atoms with E-state index in [1.54, 1.807) is 6.07 Å². The Hall–Kier alpha value is -1.42. The van der Waals surface area contributed by atoms with E-state index in [0.717, 1.165) is 17.7 Å². The molecule has 3 nitrogen and oxygen atoms in total. The Kier molecular flexibility index (Phi) is 3.50. The van der Waals surface area contributed by atoms with Gasteiger partial charge in [0.2, 0.25) is 0 Å². The number of fused-ring (bicyclic) bond motifs is 1. The lowest BCUT2D eigenvalue weighted by Gasteiger charge is -2.29. The van der Waals surface area contributed by atoms with E-state index in [4.69, 9.17) is 4.74 Å². The SMILES string of the molecule is CCOC(=O)C1(NCC2CC2)CCc2cc(F)ccc21. The number of halogens is 1. The largest absolute Gasteiger partial charge is 0.464 e. The van der Waals surface area contributed by atoms with Gasteiger partial charge >= 0.3 is 5.97 Å². The van der Waals surface area contributed by atoms with E-state index in [1.165, 1.54) is 25.0 Å². The van der Waals surface area contributed by atoms with Crippen molar-refractivity contribution in [3.05, 3.63) is 35.1 Å². The molecular weight excluding hydrogens is 257 g/mol. The Morgan fingerprint density at radius 1 is 1.50 bits per heavy atom. The van der Waals surface area contributed by atoms with E-state index < -0.39 is 5.54 Å². The van der Waals surface area contributed by atoms with Crippen molar-refractivity contribution in [2.45, 2.75) is 38.1 Å². The van der Waals surface area contributed by atoms with Gasteiger partial charge in [-0.2, -0.15) is 0 Å². The van der Waals surface area contributed by atoms with Gasteiger partial charge in [-0.15, -0.1) is 0 Å². The van der Waals surface area contributed by atoms with E-state index in [0.29, 0.717) is 25.4 Å². The van der Waals surface area contributed by atoms with Crippen molar-refractivity contribution < 1.29 is 13.9 Å². The zero-order valence-electron chi connectivity index (χ0n) is 11.7. The smallest absolute Gasteiger partial charge is 0.331 e. The van der Waals surface area contributed by atoms with Crippen molar-refractivity contribution in [3.63, 3.8) is 0 Å². The summed E-state index contributed by atoms with van der Waals surface area (Å²) in [6, 6.07) is 4.69. The number of aryl methyl sites for hydroxylation is 1. The molecule has 1 aromatic rings. The Bertz CT molecular complexity index is 527. The van der Waals surface area contributed by atoms with Crippen LogP contribution in [-0.2, 0) is 21.5 Å². The molecule has 1 saturated carbocycles. The fourth-order valence-corrected chi connectivity index (χ4v) is 3.00. The Morgan fingerprint density at radius 2 is 2.30 bits per heavy atom. The second-order valence-electron chi connectivity index (χ2n) is 5.75. The molecule has 4 heteroatoms. The minimum Gasteiger partial charge on any atom is -0.464 e. The lowest BCUT2D eigenvalue weighted by molar-refractivity contribution is -0.151. The van der Waals surface area contributed by atoms with Crippen molar-refractivity contribution in [2.24, 2.45) is 5.92 Å². The number of carbonyl (C=O) groups is 1. The fourth-order valence-electron chi connectivity index (χ4n) is 3.00. The quantitative estimate of drug-likeness (QED) is 0.841. The highest BCUT2D eigenvalue weighted by molar-refractivity contribution is 5.84. The molecule has 0 aliphatic heterocycles. The van der Waals surface area contributed by atoms with Crippen LogP contribution in [0.25, 0.3) is 0 Å². The lowest BCUT2D eigenvalue weighted by Crippen LogP contribution is -2.49. The second kappa shape index (κ2) is 5.17. The van der Waals surface area contributed by atoms with Gasteiger partial charge in [0, 0.05) is 0 Å². The fraction of sp³-hybridized carbons (Fsp3) is 0.562. The summed E-state index contributed by atoms with van der Waals surface area (Å²) >= 11 is 0. The Morgan fingerprint density at radius 3 is 3.00 bits per heavy atom. The summed E-state index contributed by atoms with van der Waals surface area (Å²) in [5.41, 5.74) is 1.03. The first-order valence-electron chi connectivity index (χ1n) is 7.37. The summed E-state index contributed by atoms with van der Waals surface area (Å²) in [5.74, 6) is 0.197. The van der Waals surface area contributed by atoms with Crippen LogP contribution in [0.1, 0.15) is 37.3 Å². The molecule has 0 spiro atoms. The van der Waals surface area contributed by atoms with Crippen LogP contribution in [0.4, 0.5) is 4.39 Å². The zero-order valence-corrected chi connectivity index (χ0v) is 11.7. The number of rotatable bonds is 5. The molecule has 0 saturated heterocycles. The highest BCUT2D eigenvalue weighted by atomic mass is 19.1. The second-order valence-corrected chi connectivity index (χ2v) is 5.75. The molecule has 0 amide bonds. The van der Waals surface area contributed by atoms with Crippen LogP contribution in [0.5, 0.6) is 0 Å². The van der Waals surface area contributed by atoms with Gasteiger partial charge in [-0.25, -0.2) is 9.18 Å². The normalized spacial score (nSPS) is 24.5. The predicted molar refractivity (Wildman–Crippen MR) is 73.8 cm³/mol. The summed E-state index contributed by atoms with van der Waals surface area (Å²) < 4.78 is 18.6. The molecule has 1 atom stereocenters. The Balaban J connectivity index is 1.92. The topological polar surface area (TPSA) is 38.3 Å². The van der Waals surface area contributed by atoms with E-state index >= 15 is 0 Å². The molecule has 1 fully saturated rings. The number of hydrogen-bond acceptors (Lipinski definition) is 3. The maximum atomic E-state index is 13.4. The average molecular weight is 277 g/mol. The van der Waals surface area contributed by atoms with Crippen LogP contribution in [-0.4, -0.2) is 19.1 Å². The van der Waals surface area contributed by atoms with E-state index in [9.17, 15) is 9.18 Å². The van der Waals surface area contributed by atoms with Gasteiger partial charge < -0.3 is 4.74 Å². The molecule has 2 aliphatic rings. The number of benzene rings is 1. The van der Waals surface area contributed by atoms with Crippen molar-refractivity contribution in [1.29, 1.82) is 0 Å². The van der Waals surface area contributed by atoms with Gasteiger partial charge in [-0.3, -0.25) is 5.32 Å². The van der Waals surface area contributed by atoms with Gasteiger partial charge in [0.25, 0.3) is 0 Å². The lowest BCUT2D eigenvalue weighted by atomic mass is 9.91. The molecule has 0 radical (unpaired) electrons. The van der Waals surface area contributed by atoms with Crippen molar-refractivity contribution in [3.8, 4) is 0 Å². The molecule has 0 aromatic heterocycles. The van der Waals surface area contributed by atoms with Gasteiger partial charge in [0.15, 0.2) is 0 Å². The van der Waals surface area contributed by atoms with Crippen LogP contribution in [0.15, 0.2) is 18.2 Å². The summed E-state index contributed by atoms with van der Waals surface area (Å²) in [6.07, 6.45) is 3.81. The van der Waals surface area contributed by atoms with Gasteiger partial charge in [0.1, 0.15) is 11.4 Å². The van der Waals surface area contributed by atoms with Crippen molar-refractivity contribution in [1.82, 2.24) is 5.32 Å². The minimum atomic E-state index is -0.776. The summed E-state index contributed by atoms with van der Waals surface area (Å²) in [6.45, 7) is 3.00. The van der Waals surface area contributed by atoms with Crippen LogP contribution >= 0.6 is 0 Å². The summed E-state index contributed by atoms with van der Waals surface area (Å²) in [7, 11) is 0. The molecule has 1 aromatic carbocycles. The molecule has 2 aliphatic carbocycles. The first-order chi connectivity index (χ1) is 9.65. The molecule has 0 bridgehead atoms. The molecule has 3 rings (SSSR count). The van der Waals surface area contributed by atoms with E-state index in [2.05, 4.69) is 5.32 Å². The minimum absolute atomic E-state index is 0.231. The summed E-state index contributed by atoms with van der Waals surface area (Å²) in [4.78, 5) is 12.5. The van der Waals surface area contributed by atoms with E-state index in [-0.39, 0.29) is 11.8 Å². The number of carbonyl (C=O) groups excluding carboxylic acids is 1. The van der Waals surface area contributed by atoms with Crippen LogP contribution in [0.3, 0.4) is 0 Å². The number of nitrogens with one attached hydrogen (secondary N) is 1. The third kappa shape index (κ3) is 2.33. The van der Waals surface area contributed by atoms with Crippen LogP contribution < -0.4 is 5.32 Å². The monoisotopic (exact) mass is 277 g/mol. The first-order valence-corrected chi connectivity index (χ1v) is 7.37. The molecule has 20 heavy (non-hydrogen) atoms. The molecular formula is C16H20FNO2. The zero-order chi connectivity index (χ0) is 14.2. The molecule has 1 N–H and O–H groups in total. The maximum absolute atomic E-state index is 13.4. The van der Waals surface area contributed by atoms with Crippen LogP contribution in [0, 0.1) is 11.7 Å². The maximum Gasteiger partial charge on any atom is 0.331 e. The molecule has 0 heterocycles. The van der Waals surface area contributed by atoms with Crippen molar-refractivity contribution in [2.75, 3.05) is 13.2 Å². The van der Waals surface area contributed by atoms with Crippen molar-refractivity contribution >= 4 is 5.97 Å². The summed E-state index contributed by atoms with van der Waals surface area (Å²) in [5, 5.41) is 3.42. The molecule has 108 valence electrons. The highest BCUT2D eigenvalue weighted by Gasteiger charge is 2.47. The van der Waals surface area contributed by atoms with Gasteiger partial charge in [0.05, 0.1) is 6.61 Å². The van der Waals surface area contributed by atoms with Gasteiger partial charge in [-0.05, 0) is 68.3 Å². The number of ether oxygens (including phenoxy) is 1.